The second-order valence-corrected chi connectivity index (χ2v) is 11.1. The Bertz CT molecular complexity index is 2180. The molecule has 0 N–H and O–H groups in total. The Morgan fingerprint density at radius 2 is 1.76 bits per heavy atom. The Balaban J connectivity index is 1.57. The minimum Gasteiger partial charge on any atom is -0.494 e. The molecule has 0 fully saturated rings. The number of ether oxygens (including phenoxy) is 1. The molecule has 0 unspecified atom stereocenters. The van der Waals surface area contributed by atoms with Crippen LogP contribution in [-0.2, 0) is 0 Å². The number of hydrogen-bond donors (Lipinski definition) is 0. The van der Waals surface area contributed by atoms with E-state index in [9.17, 15) is 14.9 Å². The molecule has 6 rings (SSSR count). The van der Waals surface area contributed by atoms with E-state index in [1.54, 1.807) is 18.3 Å². The van der Waals surface area contributed by atoms with Gasteiger partial charge >= 0.3 is 0 Å². The van der Waals surface area contributed by atoms with Crippen LogP contribution in [0.5, 0.6) is 5.75 Å². The van der Waals surface area contributed by atoms with Crippen LogP contribution in [0.4, 0.5) is 5.69 Å². The zero-order valence-corrected chi connectivity index (χ0v) is 25.7. The number of pyridine rings is 1. The molecule has 0 atom stereocenters. The second kappa shape index (κ2) is 11.8. The third-order valence-corrected chi connectivity index (χ3v) is 7.91. The van der Waals surface area contributed by atoms with Gasteiger partial charge in [-0.3, -0.25) is 19.5 Å². The summed E-state index contributed by atoms with van der Waals surface area (Å²) in [6.07, 6.45) is 2.92. The SMILES string of the molecule is CCOc1cc(C)c(-c2nc3ccccc3c(=O)n2N=Cc2c(C)n(-c3ccc([N+](=O)[O-])cn3)c3ccccc23)cc1C(C)C. The molecule has 3 aromatic heterocycles. The number of aromatic nitrogens is 4. The Labute approximate surface area is 259 Å². The van der Waals surface area contributed by atoms with E-state index in [4.69, 9.17) is 14.8 Å². The van der Waals surface area contributed by atoms with E-state index in [-0.39, 0.29) is 17.2 Å². The number of nitrogens with zero attached hydrogens (tertiary/aromatic N) is 6. The maximum absolute atomic E-state index is 14.0. The Hall–Kier alpha value is -5.64. The van der Waals surface area contributed by atoms with Crippen LogP contribution in [-0.4, -0.2) is 37.0 Å². The van der Waals surface area contributed by atoms with Crippen LogP contribution in [0.1, 0.15) is 49.1 Å². The molecule has 3 heterocycles. The van der Waals surface area contributed by atoms with Crippen LogP contribution in [0.2, 0.25) is 0 Å². The first kappa shape index (κ1) is 29.4. The minimum absolute atomic E-state index is 0.0874. The van der Waals surface area contributed by atoms with E-state index >= 15 is 0 Å². The molecular formula is C35H32N6O4. The number of aryl methyl sites for hydroxylation is 1. The summed E-state index contributed by atoms with van der Waals surface area (Å²) in [4.78, 5) is 34.1. The summed E-state index contributed by atoms with van der Waals surface area (Å²) in [5, 5.41) is 17.4. The van der Waals surface area contributed by atoms with E-state index in [1.807, 2.05) is 79.9 Å². The van der Waals surface area contributed by atoms with Crippen LogP contribution in [0.25, 0.3) is 39.0 Å². The van der Waals surface area contributed by atoms with Gasteiger partial charge in [0.2, 0.25) is 0 Å². The van der Waals surface area contributed by atoms with Crippen LogP contribution < -0.4 is 10.3 Å². The fourth-order valence-corrected chi connectivity index (χ4v) is 5.66. The van der Waals surface area contributed by atoms with Crippen LogP contribution in [0.3, 0.4) is 0 Å². The summed E-state index contributed by atoms with van der Waals surface area (Å²) in [5.74, 6) is 1.95. The van der Waals surface area contributed by atoms with Gasteiger partial charge in [0.05, 0.1) is 34.2 Å². The molecule has 45 heavy (non-hydrogen) atoms. The molecule has 0 saturated carbocycles. The molecule has 0 aliphatic heterocycles. The lowest BCUT2D eigenvalue weighted by Crippen LogP contribution is -2.21. The third-order valence-electron chi connectivity index (χ3n) is 7.91. The van der Waals surface area contributed by atoms with Crippen molar-refractivity contribution in [3.8, 4) is 23.0 Å². The highest BCUT2D eigenvalue weighted by atomic mass is 16.6. The fraction of sp³-hybridized carbons (Fsp3) is 0.200. The summed E-state index contributed by atoms with van der Waals surface area (Å²) in [7, 11) is 0. The maximum atomic E-state index is 14.0. The largest absolute Gasteiger partial charge is 0.494 e. The van der Waals surface area contributed by atoms with Crippen molar-refractivity contribution in [2.24, 2.45) is 5.10 Å². The van der Waals surface area contributed by atoms with Gasteiger partial charge in [-0.1, -0.05) is 44.2 Å². The molecule has 226 valence electrons. The van der Waals surface area contributed by atoms with E-state index in [0.29, 0.717) is 29.2 Å². The summed E-state index contributed by atoms with van der Waals surface area (Å²) in [6.45, 7) is 10.6. The molecular weight excluding hydrogens is 568 g/mol. The first-order chi connectivity index (χ1) is 21.7. The number of nitro groups is 1. The molecule has 0 saturated heterocycles. The van der Waals surface area contributed by atoms with Gasteiger partial charge in [0.1, 0.15) is 17.8 Å². The zero-order valence-electron chi connectivity index (χ0n) is 25.7. The average Bonchev–Trinajstić information content (AvgIpc) is 3.31. The molecule has 6 aromatic rings. The van der Waals surface area contributed by atoms with Crippen molar-refractivity contribution in [3.05, 3.63) is 122 Å². The van der Waals surface area contributed by atoms with Gasteiger partial charge < -0.3 is 4.74 Å². The molecule has 0 spiro atoms. The standard InChI is InChI=1S/C35H32N6O4/c1-6-45-32-17-22(4)28(18-27(32)21(2)3)34-38-30-13-9-7-12-26(30)35(42)40(34)37-20-29-23(5)39(31-14-10-8-11-25(29)31)33-16-15-24(19-36-33)41(43)44/h7-21H,6H2,1-5H3. The summed E-state index contributed by atoms with van der Waals surface area (Å²) >= 11 is 0. The lowest BCUT2D eigenvalue weighted by Gasteiger charge is -2.18. The second-order valence-electron chi connectivity index (χ2n) is 11.1. The third kappa shape index (κ3) is 5.24. The normalized spacial score (nSPS) is 11.7. The predicted octanol–water partition coefficient (Wildman–Crippen LogP) is 7.33. The minimum atomic E-state index is -0.474. The van der Waals surface area contributed by atoms with Gasteiger partial charge in [-0.15, -0.1) is 0 Å². The highest BCUT2D eigenvalue weighted by Gasteiger charge is 2.20. The quantitative estimate of drug-likeness (QED) is 0.103. The number of benzene rings is 3. The van der Waals surface area contributed by atoms with Gasteiger partial charge in [0, 0.05) is 28.3 Å². The first-order valence-corrected chi connectivity index (χ1v) is 14.7. The average molecular weight is 601 g/mol. The highest BCUT2D eigenvalue weighted by Crippen LogP contribution is 2.34. The topological polar surface area (TPSA) is 117 Å². The lowest BCUT2D eigenvalue weighted by atomic mass is 9.96. The molecule has 0 aliphatic rings. The molecule has 10 heteroatoms. The maximum Gasteiger partial charge on any atom is 0.287 e. The smallest absolute Gasteiger partial charge is 0.287 e. The van der Waals surface area contributed by atoms with E-state index in [1.165, 1.54) is 16.9 Å². The highest BCUT2D eigenvalue weighted by molar-refractivity contribution is 6.02. The van der Waals surface area contributed by atoms with Crippen molar-refractivity contribution >= 4 is 33.7 Å². The van der Waals surface area contributed by atoms with Crippen LogP contribution in [0.15, 0.2) is 88.9 Å². The molecule has 0 bridgehead atoms. The Morgan fingerprint density at radius 3 is 2.44 bits per heavy atom. The Kier molecular flexibility index (Phi) is 7.72. The molecule has 0 radical (unpaired) electrons. The zero-order chi connectivity index (χ0) is 31.8. The first-order valence-electron chi connectivity index (χ1n) is 14.7. The van der Waals surface area contributed by atoms with Crippen LogP contribution >= 0.6 is 0 Å². The van der Waals surface area contributed by atoms with E-state index in [2.05, 4.69) is 18.8 Å². The Morgan fingerprint density at radius 1 is 1.02 bits per heavy atom. The number of fused-ring (bicyclic) bond motifs is 2. The number of rotatable bonds is 8. The summed E-state index contributed by atoms with van der Waals surface area (Å²) in [6, 6.07) is 22.1. The predicted molar refractivity (Wildman–Crippen MR) is 177 cm³/mol. The van der Waals surface area contributed by atoms with Gasteiger partial charge in [0.25, 0.3) is 11.2 Å². The number of hydrogen-bond acceptors (Lipinski definition) is 7. The van der Waals surface area contributed by atoms with Crippen molar-refractivity contribution < 1.29 is 9.66 Å². The van der Waals surface area contributed by atoms with Gasteiger partial charge in [-0.2, -0.15) is 9.78 Å². The fourth-order valence-electron chi connectivity index (χ4n) is 5.66. The van der Waals surface area contributed by atoms with Crippen molar-refractivity contribution in [1.29, 1.82) is 0 Å². The molecule has 0 aliphatic carbocycles. The van der Waals surface area contributed by atoms with Crippen molar-refractivity contribution in [2.45, 2.75) is 40.5 Å². The van der Waals surface area contributed by atoms with Gasteiger partial charge in [-0.25, -0.2) is 9.97 Å². The monoisotopic (exact) mass is 600 g/mol. The van der Waals surface area contributed by atoms with Gasteiger partial charge in [0.15, 0.2) is 5.82 Å². The van der Waals surface area contributed by atoms with E-state index < -0.39 is 4.92 Å². The van der Waals surface area contributed by atoms with Crippen LogP contribution in [0, 0.1) is 24.0 Å². The van der Waals surface area contributed by atoms with Crippen molar-refractivity contribution in [1.82, 2.24) is 19.2 Å². The van der Waals surface area contributed by atoms with Gasteiger partial charge in [-0.05, 0) is 74.2 Å². The molecule has 0 amide bonds. The van der Waals surface area contributed by atoms with Crippen molar-refractivity contribution in [3.63, 3.8) is 0 Å². The summed E-state index contributed by atoms with van der Waals surface area (Å²) in [5.41, 5.74) is 5.37. The molecule has 3 aromatic carbocycles. The van der Waals surface area contributed by atoms with Crippen molar-refractivity contribution in [2.75, 3.05) is 6.61 Å². The lowest BCUT2D eigenvalue weighted by molar-refractivity contribution is -0.385. The molecule has 10 nitrogen and oxygen atoms in total. The summed E-state index contributed by atoms with van der Waals surface area (Å²) < 4.78 is 9.24. The van der Waals surface area contributed by atoms with E-state index in [0.717, 1.165) is 44.6 Å². The number of para-hydroxylation sites is 2.